The monoisotopic (exact) mass is 451 g/mol. The van der Waals surface area contributed by atoms with Crippen molar-refractivity contribution in [3.63, 3.8) is 0 Å². The first-order valence-electron chi connectivity index (χ1n) is 10.4. The molecule has 4 N–H and O–H groups in total. The number of morpholine rings is 1. The molecule has 3 rings (SSSR count). The van der Waals surface area contributed by atoms with Gasteiger partial charge in [0.1, 0.15) is 17.2 Å². The highest BCUT2D eigenvalue weighted by atomic mass is 32.1. The lowest BCUT2D eigenvalue weighted by atomic mass is 9.99. The van der Waals surface area contributed by atoms with Crippen LogP contribution in [0.2, 0.25) is 0 Å². The minimum Gasteiger partial charge on any atom is -0.378 e. The Hall–Kier alpha value is -3.43. The summed E-state index contributed by atoms with van der Waals surface area (Å²) in [6, 6.07) is 18.1. The van der Waals surface area contributed by atoms with Crippen LogP contribution in [0.3, 0.4) is 0 Å². The predicted molar refractivity (Wildman–Crippen MR) is 135 cm³/mol. The first kappa shape index (κ1) is 23.2. The Kier molecular flexibility index (Phi) is 8.59. The van der Waals surface area contributed by atoms with E-state index in [-0.39, 0.29) is 0 Å². The maximum Gasteiger partial charge on any atom is 0.186 e. The van der Waals surface area contributed by atoms with Gasteiger partial charge in [0.15, 0.2) is 5.11 Å². The first-order valence-corrected chi connectivity index (χ1v) is 10.8. The predicted octanol–water partition coefficient (Wildman–Crippen LogP) is 2.01. The van der Waals surface area contributed by atoms with Crippen LogP contribution in [0.4, 0.5) is 5.69 Å². The summed E-state index contributed by atoms with van der Waals surface area (Å²) in [6.07, 6.45) is 0. The lowest BCUT2D eigenvalue weighted by Crippen LogP contribution is -2.36. The number of nitrogens with one attached hydrogen (secondary N) is 4. The van der Waals surface area contributed by atoms with Crippen LogP contribution in [-0.2, 0) is 4.74 Å². The summed E-state index contributed by atoms with van der Waals surface area (Å²) in [5.74, 6) is 0.569. The average Bonchev–Trinajstić information content (AvgIpc) is 2.86. The molecule has 0 aliphatic carbocycles. The number of hydrogen-bond donors (Lipinski definition) is 4. The van der Waals surface area contributed by atoms with Crippen molar-refractivity contribution in [2.24, 2.45) is 10.2 Å². The third kappa shape index (κ3) is 6.29. The van der Waals surface area contributed by atoms with E-state index in [2.05, 4.69) is 55.3 Å². The third-order valence-electron chi connectivity index (χ3n) is 4.89. The van der Waals surface area contributed by atoms with E-state index in [0.29, 0.717) is 22.4 Å². The minimum atomic E-state index is 0.410. The van der Waals surface area contributed by atoms with Gasteiger partial charge in [0.05, 0.1) is 13.2 Å². The largest absolute Gasteiger partial charge is 0.378 e. The van der Waals surface area contributed by atoms with Crippen molar-refractivity contribution < 1.29 is 4.74 Å². The SMILES string of the molecule is C=C(NC)N/N=C(/C(=N/NC(=S)NC)c1ccc(N2CCOCC2)cc1)c1ccccc1. The fraction of sp³-hybridized carbons (Fsp3) is 0.261. The van der Waals surface area contributed by atoms with Crippen molar-refractivity contribution in [1.82, 2.24) is 21.5 Å². The van der Waals surface area contributed by atoms with Gasteiger partial charge in [0, 0.05) is 44.0 Å². The molecule has 1 fully saturated rings. The van der Waals surface area contributed by atoms with E-state index >= 15 is 0 Å². The van der Waals surface area contributed by atoms with Gasteiger partial charge >= 0.3 is 0 Å². The Morgan fingerprint density at radius 3 is 2.06 bits per heavy atom. The lowest BCUT2D eigenvalue weighted by molar-refractivity contribution is 0.122. The van der Waals surface area contributed by atoms with Gasteiger partial charge in [-0.1, -0.05) is 49.0 Å². The van der Waals surface area contributed by atoms with Crippen molar-refractivity contribution in [3.05, 3.63) is 78.1 Å². The molecular weight excluding hydrogens is 422 g/mol. The van der Waals surface area contributed by atoms with Crippen LogP contribution < -0.4 is 26.4 Å². The molecule has 0 atom stereocenters. The summed E-state index contributed by atoms with van der Waals surface area (Å²) in [7, 11) is 3.52. The second-order valence-electron chi connectivity index (χ2n) is 6.96. The highest BCUT2D eigenvalue weighted by Crippen LogP contribution is 2.18. The molecule has 0 unspecified atom stereocenters. The molecule has 0 amide bonds. The molecule has 0 saturated carbocycles. The normalized spacial score (nSPS) is 14.5. The number of anilines is 1. The van der Waals surface area contributed by atoms with Crippen LogP contribution in [0.25, 0.3) is 0 Å². The minimum absolute atomic E-state index is 0.410. The van der Waals surface area contributed by atoms with Crippen LogP contribution in [0, 0.1) is 0 Å². The smallest absolute Gasteiger partial charge is 0.186 e. The van der Waals surface area contributed by atoms with E-state index in [1.807, 2.05) is 42.5 Å². The van der Waals surface area contributed by atoms with E-state index in [4.69, 9.17) is 17.0 Å². The first-order chi connectivity index (χ1) is 15.6. The molecule has 0 aromatic heterocycles. The van der Waals surface area contributed by atoms with Gasteiger partial charge < -0.3 is 20.3 Å². The lowest BCUT2D eigenvalue weighted by Gasteiger charge is -2.29. The summed E-state index contributed by atoms with van der Waals surface area (Å²) in [6.45, 7) is 7.13. The standard InChI is InChI=1S/C23H29N7OS/c1-17(24-2)26-27-21(18-7-5-4-6-8-18)22(28-29-23(32)25-3)19-9-11-20(12-10-19)30-13-15-31-16-14-30/h4-12,24,26H,1,13-16H2,2-3H3,(H2,25,29,32)/b27-21+,28-22+. The number of hydrazone groups is 2. The van der Waals surface area contributed by atoms with Crippen molar-refractivity contribution in [3.8, 4) is 0 Å². The number of hydrogen-bond acceptors (Lipinski definition) is 7. The molecule has 168 valence electrons. The number of benzene rings is 2. The van der Waals surface area contributed by atoms with Gasteiger partial charge in [-0.15, -0.1) is 0 Å². The zero-order valence-electron chi connectivity index (χ0n) is 18.4. The van der Waals surface area contributed by atoms with Gasteiger partial charge in [0.2, 0.25) is 0 Å². The molecule has 1 aliphatic heterocycles. The Morgan fingerprint density at radius 2 is 1.47 bits per heavy atom. The van der Waals surface area contributed by atoms with Crippen molar-refractivity contribution in [2.75, 3.05) is 45.3 Å². The molecule has 0 spiro atoms. The number of ether oxygens (including phenoxy) is 1. The summed E-state index contributed by atoms with van der Waals surface area (Å²) in [5.41, 5.74) is 10.1. The topological polar surface area (TPSA) is 85.3 Å². The molecular formula is C23H29N7OS. The van der Waals surface area contributed by atoms with Crippen LogP contribution in [0.5, 0.6) is 0 Å². The van der Waals surface area contributed by atoms with Crippen molar-refractivity contribution in [2.45, 2.75) is 0 Å². The summed E-state index contributed by atoms with van der Waals surface area (Å²) >= 11 is 5.23. The molecule has 2 aromatic rings. The number of rotatable bonds is 8. The van der Waals surface area contributed by atoms with Crippen LogP contribution in [0.1, 0.15) is 11.1 Å². The molecule has 1 saturated heterocycles. The molecule has 1 heterocycles. The molecule has 1 aliphatic rings. The van der Waals surface area contributed by atoms with E-state index in [0.717, 1.165) is 43.1 Å². The Morgan fingerprint density at radius 1 is 0.875 bits per heavy atom. The van der Waals surface area contributed by atoms with Crippen LogP contribution in [-0.4, -0.2) is 56.9 Å². The van der Waals surface area contributed by atoms with Gasteiger partial charge in [-0.05, 0) is 24.4 Å². The molecule has 9 heteroatoms. The van der Waals surface area contributed by atoms with E-state index in [1.165, 1.54) is 0 Å². The summed E-state index contributed by atoms with van der Waals surface area (Å²) in [5, 5.41) is 15.4. The van der Waals surface area contributed by atoms with Gasteiger partial charge in [-0.3, -0.25) is 10.9 Å². The highest BCUT2D eigenvalue weighted by Gasteiger charge is 2.17. The average molecular weight is 452 g/mol. The Labute approximate surface area is 194 Å². The zero-order chi connectivity index (χ0) is 22.8. The summed E-state index contributed by atoms with van der Waals surface area (Å²) in [4.78, 5) is 2.31. The second kappa shape index (κ2) is 11.8. The van der Waals surface area contributed by atoms with Gasteiger partial charge in [0.25, 0.3) is 0 Å². The van der Waals surface area contributed by atoms with Crippen LogP contribution >= 0.6 is 12.2 Å². The number of thiocarbonyl (C=S) groups is 1. The van der Waals surface area contributed by atoms with Crippen molar-refractivity contribution in [1.29, 1.82) is 0 Å². The maximum absolute atomic E-state index is 5.46. The van der Waals surface area contributed by atoms with Crippen molar-refractivity contribution >= 4 is 34.4 Å². The Balaban J connectivity index is 2.00. The maximum atomic E-state index is 5.46. The molecule has 32 heavy (non-hydrogen) atoms. The number of nitrogens with zero attached hydrogens (tertiary/aromatic N) is 3. The fourth-order valence-electron chi connectivity index (χ4n) is 3.10. The molecule has 0 radical (unpaired) electrons. The van der Waals surface area contributed by atoms with E-state index in [9.17, 15) is 0 Å². The zero-order valence-corrected chi connectivity index (χ0v) is 19.2. The summed E-state index contributed by atoms with van der Waals surface area (Å²) < 4.78 is 5.46. The van der Waals surface area contributed by atoms with Gasteiger partial charge in [-0.25, -0.2) is 0 Å². The molecule has 8 nitrogen and oxygen atoms in total. The van der Waals surface area contributed by atoms with E-state index < -0.39 is 0 Å². The Bertz CT molecular complexity index is 968. The van der Waals surface area contributed by atoms with Gasteiger partial charge in [-0.2, -0.15) is 10.2 Å². The molecule has 2 aromatic carbocycles. The second-order valence-corrected chi connectivity index (χ2v) is 7.37. The molecule has 0 bridgehead atoms. The quantitative estimate of drug-likeness (QED) is 0.278. The fourth-order valence-corrected chi connectivity index (χ4v) is 3.14. The highest BCUT2D eigenvalue weighted by molar-refractivity contribution is 7.80. The van der Waals surface area contributed by atoms with E-state index in [1.54, 1.807) is 14.1 Å². The third-order valence-corrected chi connectivity index (χ3v) is 5.18. The van der Waals surface area contributed by atoms with Crippen LogP contribution in [0.15, 0.2) is 77.2 Å².